The summed E-state index contributed by atoms with van der Waals surface area (Å²) in [5, 5.41) is 12.8. The third-order valence-corrected chi connectivity index (χ3v) is 2.45. The first-order valence-corrected chi connectivity index (χ1v) is 5.47. The van der Waals surface area contributed by atoms with E-state index in [1.54, 1.807) is 14.0 Å². The van der Waals surface area contributed by atoms with Crippen molar-refractivity contribution in [2.45, 2.75) is 32.8 Å². The first kappa shape index (κ1) is 13.0. The number of aryl methyl sites for hydroxylation is 2. The molecule has 6 heteroatoms. The molecule has 1 unspecified atom stereocenters. The lowest BCUT2D eigenvalue weighted by atomic mass is 10.2. The Hall–Kier alpha value is -2.03. The average molecular weight is 236 g/mol. The molecule has 0 radical (unpaired) electrons. The molecule has 1 rings (SSSR count). The van der Waals surface area contributed by atoms with Gasteiger partial charge in [-0.15, -0.1) is 0 Å². The maximum atomic E-state index is 11.8. The lowest BCUT2D eigenvalue weighted by Crippen LogP contribution is -2.19. The Morgan fingerprint density at radius 3 is 2.71 bits per heavy atom. The third kappa shape index (κ3) is 2.56. The summed E-state index contributed by atoms with van der Waals surface area (Å²) in [5.74, 6) is -0.606. The molecule has 1 aromatic heterocycles. The summed E-state index contributed by atoms with van der Waals surface area (Å²) in [7, 11) is 1.62. The SMILES string of the molecule is CCc1nn(C)c(C(=O)OC(C#N)CC)c1N. The van der Waals surface area contributed by atoms with E-state index in [2.05, 4.69) is 5.10 Å². The van der Waals surface area contributed by atoms with Crippen LogP contribution >= 0.6 is 0 Å². The highest BCUT2D eigenvalue weighted by Gasteiger charge is 2.22. The highest BCUT2D eigenvalue weighted by atomic mass is 16.5. The van der Waals surface area contributed by atoms with Gasteiger partial charge in [-0.3, -0.25) is 4.68 Å². The molecule has 1 heterocycles. The minimum absolute atomic E-state index is 0.204. The number of rotatable bonds is 4. The van der Waals surface area contributed by atoms with Crippen LogP contribution in [0.15, 0.2) is 0 Å². The molecule has 0 aliphatic heterocycles. The molecular weight excluding hydrogens is 220 g/mol. The van der Waals surface area contributed by atoms with Gasteiger partial charge < -0.3 is 10.5 Å². The van der Waals surface area contributed by atoms with Crippen LogP contribution < -0.4 is 5.73 Å². The Morgan fingerprint density at radius 1 is 1.65 bits per heavy atom. The van der Waals surface area contributed by atoms with Crippen LogP contribution in [0, 0.1) is 11.3 Å². The fourth-order valence-corrected chi connectivity index (χ4v) is 1.49. The molecule has 0 fully saturated rings. The number of nitrogens with two attached hydrogens (primary N) is 1. The number of carbonyl (C=O) groups is 1. The van der Waals surface area contributed by atoms with Gasteiger partial charge in [0.15, 0.2) is 11.8 Å². The monoisotopic (exact) mass is 236 g/mol. The minimum atomic E-state index is -0.748. The fourth-order valence-electron chi connectivity index (χ4n) is 1.49. The minimum Gasteiger partial charge on any atom is -0.442 e. The lowest BCUT2D eigenvalue weighted by molar-refractivity contribution is 0.0389. The molecule has 2 N–H and O–H groups in total. The second kappa shape index (κ2) is 5.34. The number of nitrogen functional groups attached to an aromatic ring is 1. The molecule has 6 nitrogen and oxygen atoms in total. The molecule has 17 heavy (non-hydrogen) atoms. The van der Waals surface area contributed by atoms with Crippen molar-refractivity contribution in [1.29, 1.82) is 5.26 Å². The van der Waals surface area contributed by atoms with Gasteiger partial charge in [-0.05, 0) is 12.8 Å². The van der Waals surface area contributed by atoms with Crippen molar-refractivity contribution in [1.82, 2.24) is 9.78 Å². The normalized spacial score (nSPS) is 11.9. The summed E-state index contributed by atoms with van der Waals surface area (Å²) < 4.78 is 6.40. The Labute approximate surface area is 100.0 Å². The van der Waals surface area contributed by atoms with Crippen LogP contribution in [0.1, 0.15) is 36.5 Å². The maximum Gasteiger partial charge on any atom is 0.360 e. The average Bonchev–Trinajstić information content (AvgIpc) is 2.60. The van der Waals surface area contributed by atoms with Crippen LogP contribution in [0.25, 0.3) is 0 Å². The first-order valence-electron chi connectivity index (χ1n) is 5.47. The van der Waals surface area contributed by atoms with Crippen LogP contribution in [0.2, 0.25) is 0 Å². The molecule has 0 saturated carbocycles. The Kier molecular flexibility index (Phi) is 4.10. The summed E-state index contributed by atoms with van der Waals surface area (Å²) in [6.45, 7) is 3.67. The molecule has 1 atom stereocenters. The van der Waals surface area contributed by atoms with Crippen LogP contribution in [-0.4, -0.2) is 21.9 Å². The van der Waals surface area contributed by atoms with E-state index >= 15 is 0 Å². The van der Waals surface area contributed by atoms with E-state index in [1.807, 2.05) is 13.0 Å². The Balaban J connectivity index is 2.97. The van der Waals surface area contributed by atoms with Crippen molar-refractivity contribution in [2.75, 3.05) is 5.73 Å². The molecule has 0 saturated heterocycles. The zero-order valence-electron chi connectivity index (χ0n) is 10.2. The predicted molar refractivity (Wildman–Crippen MR) is 62.1 cm³/mol. The van der Waals surface area contributed by atoms with E-state index < -0.39 is 12.1 Å². The van der Waals surface area contributed by atoms with Crippen molar-refractivity contribution in [3.8, 4) is 6.07 Å². The van der Waals surface area contributed by atoms with Crippen molar-refractivity contribution in [3.63, 3.8) is 0 Å². The molecule has 0 spiro atoms. The Morgan fingerprint density at radius 2 is 2.29 bits per heavy atom. The third-order valence-electron chi connectivity index (χ3n) is 2.45. The number of nitriles is 1. The predicted octanol–water partition coefficient (Wildman–Crippen LogP) is 1.02. The molecule has 0 aliphatic carbocycles. The molecule has 1 aromatic rings. The van der Waals surface area contributed by atoms with E-state index in [0.29, 0.717) is 24.2 Å². The number of hydrogen-bond acceptors (Lipinski definition) is 5. The molecule has 92 valence electrons. The summed E-state index contributed by atoms with van der Waals surface area (Å²) in [5.41, 5.74) is 6.99. The van der Waals surface area contributed by atoms with E-state index in [1.165, 1.54) is 4.68 Å². The van der Waals surface area contributed by atoms with Gasteiger partial charge in [0.2, 0.25) is 0 Å². The number of esters is 1. The number of ether oxygens (including phenoxy) is 1. The van der Waals surface area contributed by atoms with Gasteiger partial charge in [0.1, 0.15) is 6.07 Å². The maximum absolute atomic E-state index is 11.8. The summed E-state index contributed by atoms with van der Waals surface area (Å²) in [6.07, 6.45) is 0.338. The van der Waals surface area contributed by atoms with Crippen LogP contribution in [0.5, 0.6) is 0 Å². The van der Waals surface area contributed by atoms with Gasteiger partial charge >= 0.3 is 5.97 Å². The first-order chi connectivity index (χ1) is 8.04. The quantitative estimate of drug-likeness (QED) is 0.788. The highest BCUT2D eigenvalue weighted by molar-refractivity contribution is 5.94. The zero-order valence-corrected chi connectivity index (χ0v) is 10.2. The van der Waals surface area contributed by atoms with Gasteiger partial charge in [-0.25, -0.2) is 4.79 Å². The van der Waals surface area contributed by atoms with Gasteiger partial charge in [0.25, 0.3) is 0 Å². The molecular formula is C11H16N4O2. The van der Waals surface area contributed by atoms with E-state index in [0.717, 1.165) is 0 Å². The zero-order chi connectivity index (χ0) is 13.0. The molecule has 0 aromatic carbocycles. The van der Waals surface area contributed by atoms with E-state index in [4.69, 9.17) is 15.7 Å². The highest BCUT2D eigenvalue weighted by Crippen LogP contribution is 2.18. The summed E-state index contributed by atoms with van der Waals surface area (Å²) in [4.78, 5) is 11.8. The molecule has 0 amide bonds. The largest absolute Gasteiger partial charge is 0.442 e. The van der Waals surface area contributed by atoms with E-state index in [-0.39, 0.29) is 5.69 Å². The standard InChI is InChI=1S/C11H16N4O2/c1-4-7(6-12)17-11(16)10-9(13)8(5-2)14-15(10)3/h7H,4-5,13H2,1-3H3. The van der Waals surface area contributed by atoms with Crippen molar-refractivity contribution in [2.24, 2.45) is 7.05 Å². The topological polar surface area (TPSA) is 93.9 Å². The van der Waals surface area contributed by atoms with Gasteiger partial charge in [0.05, 0.1) is 11.4 Å². The Bertz CT molecular complexity index is 459. The molecule has 0 bridgehead atoms. The lowest BCUT2D eigenvalue weighted by Gasteiger charge is -2.08. The summed E-state index contributed by atoms with van der Waals surface area (Å²) >= 11 is 0. The summed E-state index contributed by atoms with van der Waals surface area (Å²) in [6, 6.07) is 1.90. The number of aromatic nitrogens is 2. The molecule has 0 aliphatic rings. The van der Waals surface area contributed by atoms with E-state index in [9.17, 15) is 4.79 Å². The van der Waals surface area contributed by atoms with Gasteiger partial charge in [-0.1, -0.05) is 13.8 Å². The number of hydrogen-bond donors (Lipinski definition) is 1. The second-order valence-corrected chi connectivity index (χ2v) is 3.62. The fraction of sp³-hybridized carbons (Fsp3) is 0.545. The van der Waals surface area contributed by atoms with Crippen molar-refractivity contribution >= 4 is 11.7 Å². The van der Waals surface area contributed by atoms with Crippen molar-refractivity contribution < 1.29 is 9.53 Å². The van der Waals surface area contributed by atoms with Crippen molar-refractivity contribution in [3.05, 3.63) is 11.4 Å². The van der Waals surface area contributed by atoms with Crippen LogP contribution in [-0.2, 0) is 18.2 Å². The van der Waals surface area contributed by atoms with Gasteiger partial charge in [-0.2, -0.15) is 10.4 Å². The number of nitrogens with zero attached hydrogens (tertiary/aromatic N) is 3. The van der Waals surface area contributed by atoms with Gasteiger partial charge in [0, 0.05) is 7.05 Å². The smallest absolute Gasteiger partial charge is 0.360 e. The second-order valence-electron chi connectivity index (χ2n) is 3.62. The number of anilines is 1. The number of carbonyl (C=O) groups excluding carboxylic acids is 1. The van der Waals surface area contributed by atoms with Crippen LogP contribution in [0.4, 0.5) is 5.69 Å². The van der Waals surface area contributed by atoms with Crippen LogP contribution in [0.3, 0.4) is 0 Å².